The van der Waals surface area contributed by atoms with E-state index in [0.29, 0.717) is 5.92 Å². The van der Waals surface area contributed by atoms with Gasteiger partial charge in [-0.25, -0.2) is 4.98 Å². The number of hydrogen-bond acceptors (Lipinski definition) is 4. The Bertz CT molecular complexity index is 442. The third-order valence-electron chi connectivity index (χ3n) is 3.11. The number of para-hydroxylation sites is 1. The Hall–Kier alpha value is -1.13. The molecule has 0 aliphatic heterocycles. The summed E-state index contributed by atoms with van der Waals surface area (Å²) in [5.41, 5.74) is 6.73. The van der Waals surface area contributed by atoms with E-state index in [2.05, 4.69) is 35.4 Å². The second-order valence-electron chi connectivity index (χ2n) is 4.60. The molecule has 2 aromatic rings. The first-order valence-electron chi connectivity index (χ1n) is 6.63. The molecule has 1 aromatic heterocycles. The van der Waals surface area contributed by atoms with Crippen LogP contribution in [0.15, 0.2) is 24.3 Å². The minimum atomic E-state index is 0.659. The van der Waals surface area contributed by atoms with E-state index in [9.17, 15) is 0 Å². The van der Waals surface area contributed by atoms with Crippen LogP contribution < -0.4 is 11.1 Å². The Morgan fingerprint density at radius 2 is 2.17 bits per heavy atom. The maximum absolute atomic E-state index is 5.65. The van der Waals surface area contributed by atoms with Crippen molar-refractivity contribution in [1.29, 1.82) is 0 Å². The molecule has 0 saturated carbocycles. The summed E-state index contributed by atoms with van der Waals surface area (Å²) in [7, 11) is 0. The molecule has 1 atom stereocenters. The predicted octanol–water partition coefficient (Wildman–Crippen LogP) is 3.47. The number of aromatic nitrogens is 1. The average molecular weight is 263 g/mol. The van der Waals surface area contributed by atoms with Gasteiger partial charge in [0.05, 0.1) is 10.2 Å². The molecule has 0 amide bonds. The molecule has 98 valence electrons. The van der Waals surface area contributed by atoms with E-state index < -0.39 is 0 Å². The Labute approximate surface area is 112 Å². The molecule has 3 N–H and O–H groups in total. The summed E-state index contributed by atoms with van der Waals surface area (Å²) in [4.78, 5) is 4.58. The minimum Gasteiger partial charge on any atom is -0.361 e. The topological polar surface area (TPSA) is 50.9 Å². The fourth-order valence-electron chi connectivity index (χ4n) is 2.17. The molecular weight excluding hydrogens is 242 g/mol. The number of fused-ring (bicyclic) bond motifs is 1. The van der Waals surface area contributed by atoms with Crippen LogP contribution in [0.1, 0.15) is 26.2 Å². The highest BCUT2D eigenvalue weighted by Gasteiger charge is 2.08. The zero-order valence-corrected chi connectivity index (χ0v) is 11.7. The van der Waals surface area contributed by atoms with Gasteiger partial charge in [-0.3, -0.25) is 0 Å². The van der Waals surface area contributed by atoms with E-state index in [0.717, 1.165) is 30.2 Å². The predicted molar refractivity (Wildman–Crippen MR) is 80.2 cm³/mol. The lowest BCUT2D eigenvalue weighted by Crippen LogP contribution is -2.17. The van der Waals surface area contributed by atoms with Crippen LogP contribution in [0, 0.1) is 5.92 Å². The number of anilines is 1. The van der Waals surface area contributed by atoms with Crippen LogP contribution >= 0.6 is 11.3 Å². The van der Waals surface area contributed by atoms with Gasteiger partial charge in [-0.05, 0) is 37.4 Å². The molecule has 0 fully saturated rings. The van der Waals surface area contributed by atoms with E-state index >= 15 is 0 Å². The first kappa shape index (κ1) is 13.3. The number of rotatable bonds is 7. The molecule has 3 nitrogen and oxygen atoms in total. The molecule has 0 aliphatic rings. The summed E-state index contributed by atoms with van der Waals surface area (Å²) < 4.78 is 1.24. The van der Waals surface area contributed by atoms with E-state index in [1.165, 1.54) is 17.5 Å². The highest BCUT2D eigenvalue weighted by molar-refractivity contribution is 7.22. The molecular formula is C14H21N3S. The molecule has 0 radical (unpaired) electrons. The van der Waals surface area contributed by atoms with Gasteiger partial charge in [-0.1, -0.05) is 36.8 Å². The molecule has 2 rings (SSSR count). The number of nitrogens with zero attached hydrogens (tertiary/aromatic N) is 1. The summed E-state index contributed by atoms with van der Waals surface area (Å²) >= 11 is 1.72. The smallest absolute Gasteiger partial charge is 0.183 e. The molecule has 0 bridgehead atoms. The van der Waals surface area contributed by atoms with Gasteiger partial charge in [0.25, 0.3) is 0 Å². The Morgan fingerprint density at radius 3 is 2.89 bits per heavy atom. The summed E-state index contributed by atoms with van der Waals surface area (Å²) in [6, 6.07) is 8.25. The van der Waals surface area contributed by atoms with E-state index in [1.807, 2.05) is 6.07 Å². The molecule has 4 heteroatoms. The van der Waals surface area contributed by atoms with Crippen LogP contribution in [0.5, 0.6) is 0 Å². The number of nitrogens with one attached hydrogen (secondary N) is 1. The highest BCUT2D eigenvalue weighted by Crippen LogP contribution is 2.25. The lowest BCUT2D eigenvalue weighted by Gasteiger charge is -2.15. The molecule has 0 saturated heterocycles. The number of benzene rings is 1. The van der Waals surface area contributed by atoms with Crippen molar-refractivity contribution in [2.75, 3.05) is 18.4 Å². The Morgan fingerprint density at radius 1 is 1.33 bits per heavy atom. The second kappa shape index (κ2) is 6.71. The quantitative estimate of drug-likeness (QED) is 0.804. The third-order valence-corrected chi connectivity index (χ3v) is 4.10. The van der Waals surface area contributed by atoms with Gasteiger partial charge in [0.15, 0.2) is 5.13 Å². The van der Waals surface area contributed by atoms with Gasteiger partial charge in [0.2, 0.25) is 0 Å². The number of nitrogens with two attached hydrogens (primary N) is 1. The van der Waals surface area contributed by atoms with Crippen molar-refractivity contribution < 1.29 is 0 Å². The average Bonchev–Trinajstić information content (AvgIpc) is 2.79. The standard InChI is InChI=1S/C14H21N3S/c1-2-5-11(8-9-15)10-16-14-17-12-6-3-4-7-13(12)18-14/h3-4,6-7,11H,2,5,8-10,15H2,1H3,(H,16,17). The van der Waals surface area contributed by atoms with E-state index in [1.54, 1.807) is 11.3 Å². The summed E-state index contributed by atoms with van der Waals surface area (Å²) in [6.07, 6.45) is 3.53. The molecule has 18 heavy (non-hydrogen) atoms. The van der Waals surface area contributed by atoms with Crippen molar-refractivity contribution in [3.05, 3.63) is 24.3 Å². The van der Waals surface area contributed by atoms with E-state index in [-0.39, 0.29) is 0 Å². The summed E-state index contributed by atoms with van der Waals surface area (Å²) in [5.74, 6) is 0.659. The molecule has 1 unspecified atom stereocenters. The van der Waals surface area contributed by atoms with Gasteiger partial charge in [0.1, 0.15) is 0 Å². The molecule has 0 aliphatic carbocycles. The number of thiazole rings is 1. The van der Waals surface area contributed by atoms with Crippen LogP contribution in [0.25, 0.3) is 10.2 Å². The minimum absolute atomic E-state index is 0.659. The van der Waals surface area contributed by atoms with Crippen molar-refractivity contribution in [2.45, 2.75) is 26.2 Å². The largest absolute Gasteiger partial charge is 0.361 e. The fraction of sp³-hybridized carbons (Fsp3) is 0.500. The molecule has 0 spiro atoms. The van der Waals surface area contributed by atoms with Gasteiger partial charge in [-0.2, -0.15) is 0 Å². The molecule has 1 aromatic carbocycles. The van der Waals surface area contributed by atoms with Gasteiger partial charge in [0, 0.05) is 6.54 Å². The third kappa shape index (κ3) is 3.43. The Balaban J connectivity index is 1.95. The second-order valence-corrected chi connectivity index (χ2v) is 5.63. The van der Waals surface area contributed by atoms with Crippen molar-refractivity contribution in [3.63, 3.8) is 0 Å². The lowest BCUT2D eigenvalue weighted by atomic mass is 10.00. The fourth-order valence-corrected chi connectivity index (χ4v) is 3.04. The maximum Gasteiger partial charge on any atom is 0.183 e. The Kier molecular flexibility index (Phi) is 4.96. The van der Waals surface area contributed by atoms with Crippen LogP contribution in [-0.2, 0) is 0 Å². The monoisotopic (exact) mass is 263 g/mol. The SMILES string of the molecule is CCCC(CCN)CNc1nc2ccccc2s1. The van der Waals surface area contributed by atoms with E-state index in [4.69, 9.17) is 5.73 Å². The lowest BCUT2D eigenvalue weighted by molar-refractivity contribution is 0.473. The van der Waals surface area contributed by atoms with Gasteiger partial charge < -0.3 is 11.1 Å². The molecule has 1 heterocycles. The van der Waals surface area contributed by atoms with Crippen molar-refractivity contribution in [1.82, 2.24) is 4.98 Å². The van der Waals surface area contributed by atoms with Crippen LogP contribution in [-0.4, -0.2) is 18.1 Å². The van der Waals surface area contributed by atoms with Crippen molar-refractivity contribution in [3.8, 4) is 0 Å². The zero-order chi connectivity index (χ0) is 12.8. The summed E-state index contributed by atoms with van der Waals surface area (Å²) in [5, 5.41) is 4.48. The van der Waals surface area contributed by atoms with Gasteiger partial charge in [-0.15, -0.1) is 0 Å². The highest BCUT2D eigenvalue weighted by atomic mass is 32.1. The summed E-state index contributed by atoms with van der Waals surface area (Å²) in [6.45, 7) is 3.97. The normalized spacial score (nSPS) is 12.8. The van der Waals surface area contributed by atoms with Crippen LogP contribution in [0.2, 0.25) is 0 Å². The zero-order valence-electron chi connectivity index (χ0n) is 10.9. The first-order valence-corrected chi connectivity index (χ1v) is 7.44. The number of hydrogen-bond donors (Lipinski definition) is 2. The van der Waals surface area contributed by atoms with Crippen molar-refractivity contribution in [2.24, 2.45) is 11.7 Å². The van der Waals surface area contributed by atoms with Crippen LogP contribution in [0.4, 0.5) is 5.13 Å². The first-order chi connectivity index (χ1) is 8.83. The maximum atomic E-state index is 5.65. The van der Waals surface area contributed by atoms with Crippen molar-refractivity contribution >= 4 is 26.7 Å². The van der Waals surface area contributed by atoms with Crippen LogP contribution in [0.3, 0.4) is 0 Å². The van der Waals surface area contributed by atoms with Gasteiger partial charge >= 0.3 is 0 Å².